The number of piperidine rings is 1. The number of hydrogen-bond acceptors (Lipinski definition) is 4. The van der Waals surface area contributed by atoms with Crippen LogP contribution in [0.3, 0.4) is 0 Å². The monoisotopic (exact) mass is 414 g/mol. The van der Waals surface area contributed by atoms with Gasteiger partial charge in [0.15, 0.2) is 5.96 Å². The van der Waals surface area contributed by atoms with E-state index in [4.69, 9.17) is 9.73 Å². The van der Waals surface area contributed by atoms with Crippen LogP contribution in [0, 0.1) is 0 Å². The molecule has 0 saturated carbocycles. The zero-order chi connectivity index (χ0) is 20.2. The van der Waals surface area contributed by atoms with Crippen LogP contribution >= 0.6 is 11.3 Å². The minimum atomic E-state index is 0.498. The molecule has 29 heavy (non-hydrogen) atoms. The van der Waals surface area contributed by atoms with Crippen LogP contribution in [0.15, 0.2) is 52.8 Å². The highest BCUT2D eigenvalue weighted by Gasteiger charge is 2.20. The lowest BCUT2D eigenvalue weighted by Gasteiger charge is -2.33. The Balaban J connectivity index is 1.31. The summed E-state index contributed by atoms with van der Waals surface area (Å²) in [4.78, 5) is 7.25. The SMILES string of the molecule is CCNC(=NCCCCOCc1ccccc1)NC1CCN(c2cccs2)CC1. The molecule has 1 aliphatic heterocycles. The summed E-state index contributed by atoms with van der Waals surface area (Å²) in [6, 6.07) is 15.2. The maximum Gasteiger partial charge on any atom is 0.191 e. The highest BCUT2D eigenvalue weighted by molar-refractivity contribution is 7.14. The van der Waals surface area contributed by atoms with E-state index >= 15 is 0 Å². The molecule has 0 bridgehead atoms. The van der Waals surface area contributed by atoms with Gasteiger partial charge in [-0.25, -0.2) is 0 Å². The number of ether oxygens (including phenoxy) is 1. The Morgan fingerprint density at radius 1 is 1.14 bits per heavy atom. The Hall–Kier alpha value is -2.05. The number of aliphatic imine (C=N–C) groups is 1. The molecule has 0 spiro atoms. The van der Waals surface area contributed by atoms with Crippen molar-refractivity contribution in [3.05, 3.63) is 53.4 Å². The number of thiophene rings is 1. The fourth-order valence-corrected chi connectivity index (χ4v) is 4.26. The second-order valence-electron chi connectivity index (χ2n) is 7.36. The predicted octanol–water partition coefficient (Wildman–Crippen LogP) is 4.27. The van der Waals surface area contributed by atoms with Crippen molar-refractivity contribution in [1.82, 2.24) is 10.6 Å². The molecule has 5 nitrogen and oxygen atoms in total. The van der Waals surface area contributed by atoms with E-state index in [2.05, 4.69) is 64.2 Å². The van der Waals surface area contributed by atoms with Crippen LogP contribution in [0.2, 0.25) is 0 Å². The molecule has 0 amide bonds. The molecular formula is C23H34N4OS. The first-order valence-electron chi connectivity index (χ1n) is 10.8. The molecule has 0 radical (unpaired) electrons. The highest BCUT2D eigenvalue weighted by Crippen LogP contribution is 2.24. The third-order valence-corrected chi connectivity index (χ3v) is 6.01. The van der Waals surface area contributed by atoms with Gasteiger partial charge in [0.25, 0.3) is 0 Å². The first kappa shape index (κ1) is 21.7. The molecule has 2 N–H and O–H groups in total. The number of anilines is 1. The Morgan fingerprint density at radius 3 is 2.69 bits per heavy atom. The molecule has 0 aliphatic carbocycles. The van der Waals surface area contributed by atoms with Crippen LogP contribution < -0.4 is 15.5 Å². The zero-order valence-corrected chi connectivity index (χ0v) is 18.3. The minimum Gasteiger partial charge on any atom is -0.377 e. The standard InChI is InChI=1S/C23H34N4OS/c1-2-24-23(25-14-6-7-17-28-19-20-9-4-3-5-10-20)26-21-12-15-27(16-13-21)22-11-8-18-29-22/h3-5,8-11,18,21H,2,6-7,12-17,19H2,1H3,(H2,24,25,26). The third kappa shape index (κ3) is 7.71. The van der Waals surface area contributed by atoms with Crippen molar-refractivity contribution in [3.63, 3.8) is 0 Å². The second-order valence-corrected chi connectivity index (χ2v) is 8.29. The smallest absolute Gasteiger partial charge is 0.191 e. The van der Waals surface area contributed by atoms with Gasteiger partial charge in [-0.05, 0) is 55.7 Å². The van der Waals surface area contributed by atoms with E-state index in [1.165, 1.54) is 10.6 Å². The van der Waals surface area contributed by atoms with Crippen molar-refractivity contribution in [2.75, 3.05) is 37.7 Å². The van der Waals surface area contributed by atoms with Gasteiger partial charge in [-0.3, -0.25) is 4.99 Å². The lowest BCUT2D eigenvalue weighted by molar-refractivity contribution is 0.117. The quantitative estimate of drug-likeness (QED) is 0.346. The van der Waals surface area contributed by atoms with Gasteiger partial charge in [0.05, 0.1) is 11.6 Å². The molecule has 6 heteroatoms. The molecule has 1 fully saturated rings. The largest absolute Gasteiger partial charge is 0.377 e. The summed E-state index contributed by atoms with van der Waals surface area (Å²) in [5.41, 5.74) is 1.23. The highest BCUT2D eigenvalue weighted by atomic mass is 32.1. The van der Waals surface area contributed by atoms with E-state index in [1.54, 1.807) is 0 Å². The lowest BCUT2D eigenvalue weighted by Crippen LogP contribution is -2.48. The number of rotatable bonds is 10. The normalized spacial score (nSPS) is 15.5. The van der Waals surface area contributed by atoms with E-state index < -0.39 is 0 Å². The minimum absolute atomic E-state index is 0.498. The first-order chi connectivity index (χ1) is 14.3. The molecule has 158 valence electrons. The molecular weight excluding hydrogens is 380 g/mol. The van der Waals surface area contributed by atoms with Crippen molar-refractivity contribution in [2.24, 2.45) is 4.99 Å². The van der Waals surface area contributed by atoms with E-state index in [0.717, 1.165) is 64.4 Å². The fourth-order valence-electron chi connectivity index (χ4n) is 3.48. The Morgan fingerprint density at radius 2 is 1.97 bits per heavy atom. The molecule has 3 rings (SSSR count). The van der Waals surface area contributed by atoms with Crippen LogP contribution in [0.4, 0.5) is 5.00 Å². The molecule has 0 atom stereocenters. The van der Waals surface area contributed by atoms with Gasteiger partial charge in [0.2, 0.25) is 0 Å². The number of nitrogens with zero attached hydrogens (tertiary/aromatic N) is 2. The van der Waals surface area contributed by atoms with Crippen molar-refractivity contribution in [1.29, 1.82) is 0 Å². The number of guanidine groups is 1. The number of nitrogens with one attached hydrogen (secondary N) is 2. The average molecular weight is 415 g/mol. The van der Waals surface area contributed by atoms with Crippen LogP contribution in [0.5, 0.6) is 0 Å². The van der Waals surface area contributed by atoms with E-state index in [0.29, 0.717) is 12.6 Å². The zero-order valence-electron chi connectivity index (χ0n) is 17.5. The van der Waals surface area contributed by atoms with Crippen molar-refractivity contribution in [2.45, 2.75) is 45.3 Å². The number of unbranched alkanes of at least 4 members (excludes halogenated alkanes) is 1. The maximum atomic E-state index is 5.75. The molecule has 2 aromatic rings. The van der Waals surface area contributed by atoms with Gasteiger partial charge in [-0.2, -0.15) is 0 Å². The average Bonchev–Trinajstić information content (AvgIpc) is 3.29. The van der Waals surface area contributed by atoms with Crippen molar-refractivity contribution >= 4 is 22.3 Å². The van der Waals surface area contributed by atoms with Crippen LogP contribution in [0.25, 0.3) is 0 Å². The summed E-state index contributed by atoms with van der Waals surface area (Å²) in [6.45, 7) is 7.53. The summed E-state index contributed by atoms with van der Waals surface area (Å²) >= 11 is 1.83. The van der Waals surface area contributed by atoms with Crippen LogP contribution in [-0.2, 0) is 11.3 Å². The van der Waals surface area contributed by atoms with Crippen LogP contribution in [0.1, 0.15) is 38.2 Å². The second kappa shape index (κ2) is 12.5. The van der Waals surface area contributed by atoms with Gasteiger partial charge in [-0.1, -0.05) is 30.3 Å². The lowest BCUT2D eigenvalue weighted by atomic mass is 10.1. The van der Waals surface area contributed by atoms with Gasteiger partial charge < -0.3 is 20.3 Å². The van der Waals surface area contributed by atoms with Crippen molar-refractivity contribution in [3.8, 4) is 0 Å². The fraction of sp³-hybridized carbons (Fsp3) is 0.522. The van der Waals surface area contributed by atoms with Gasteiger partial charge in [0, 0.05) is 38.8 Å². The predicted molar refractivity (Wildman–Crippen MR) is 124 cm³/mol. The molecule has 0 unspecified atom stereocenters. The van der Waals surface area contributed by atoms with E-state index in [1.807, 2.05) is 17.4 Å². The Labute approximate surface area is 179 Å². The number of hydrogen-bond donors (Lipinski definition) is 2. The Kier molecular flexibility index (Phi) is 9.33. The first-order valence-corrected chi connectivity index (χ1v) is 11.7. The third-order valence-electron chi connectivity index (χ3n) is 5.08. The Bertz CT molecular complexity index is 697. The molecule has 2 heterocycles. The van der Waals surface area contributed by atoms with Gasteiger partial charge in [-0.15, -0.1) is 11.3 Å². The van der Waals surface area contributed by atoms with Gasteiger partial charge in [0.1, 0.15) is 0 Å². The van der Waals surface area contributed by atoms with E-state index in [-0.39, 0.29) is 0 Å². The molecule has 1 aromatic heterocycles. The summed E-state index contributed by atoms with van der Waals surface area (Å²) < 4.78 is 5.75. The van der Waals surface area contributed by atoms with Crippen molar-refractivity contribution < 1.29 is 4.74 Å². The number of benzene rings is 1. The summed E-state index contributed by atoms with van der Waals surface area (Å²) in [7, 11) is 0. The van der Waals surface area contributed by atoms with E-state index in [9.17, 15) is 0 Å². The summed E-state index contributed by atoms with van der Waals surface area (Å²) in [6.07, 6.45) is 4.38. The molecule has 1 aromatic carbocycles. The maximum absolute atomic E-state index is 5.75. The molecule has 1 saturated heterocycles. The van der Waals surface area contributed by atoms with Gasteiger partial charge >= 0.3 is 0 Å². The molecule has 1 aliphatic rings. The summed E-state index contributed by atoms with van der Waals surface area (Å²) in [5.74, 6) is 0.951. The topological polar surface area (TPSA) is 48.9 Å². The summed E-state index contributed by atoms with van der Waals surface area (Å²) in [5, 5.41) is 10.6. The van der Waals surface area contributed by atoms with Crippen LogP contribution in [-0.4, -0.2) is 44.8 Å².